The van der Waals surface area contributed by atoms with E-state index in [1.165, 1.54) is 5.56 Å². The fraction of sp³-hybridized carbons (Fsp3) is 0.182. The van der Waals surface area contributed by atoms with Gasteiger partial charge in [0.15, 0.2) is 0 Å². The lowest BCUT2D eigenvalue weighted by atomic mass is 10.2. The van der Waals surface area contributed by atoms with Gasteiger partial charge in [-0.25, -0.2) is 4.68 Å². The molecule has 1 heterocycles. The number of aromatic nitrogens is 2. The standard InChI is InChI=1S/C11H12N2O/c1-9-2-4-11(5-3-9)13-7-6-10(8-14)12-13/h2-7,14H,8H2,1H3. The van der Waals surface area contributed by atoms with Crippen molar-refractivity contribution < 1.29 is 5.11 Å². The normalized spacial score (nSPS) is 10.4. The van der Waals surface area contributed by atoms with Gasteiger partial charge >= 0.3 is 0 Å². The first kappa shape index (κ1) is 8.97. The number of nitrogens with zero attached hydrogens (tertiary/aromatic N) is 2. The van der Waals surface area contributed by atoms with Gasteiger partial charge in [-0.15, -0.1) is 0 Å². The topological polar surface area (TPSA) is 38.0 Å². The molecule has 0 aliphatic carbocycles. The molecule has 0 fully saturated rings. The van der Waals surface area contributed by atoms with Crippen LogP contribution in [0.15, 0.2) is 36.5 Å². The van der Waals surface area contributed by atoms with E-state index < -0.39 is 0 Å². The van der Waals surface area contributed by atoms with Gasteiger partial charge < -0.3 is 5.11 Å². The predicted molar refractivity (Wildman–Crippen MR) is 54.2 cm³/mol. The molecule has 3 heteroatoms. The molecule has 0 saturated heterocycles. The lowest BCUT2D eigenvalue weighted by Gasteiger charge is -2.00. The van der Waals surface area contributed by atoms with Crippen molar-refractivity contribution in [1.29, 1.82) is 0 Å². The predicted octanol–water partition coefficient (Wildman–Crippen LogP) is 1.67. The van der Waals surface area contributed by atoms with E-state index in [-0.39, 0.29) is 6.61 Å². The number of hydrogen-bond donors (Lipinski definition) is 1. The minimum absolute atomic E-state index is 0.0150. The van der Waals surface area contributed by atoms with Gasteiger partial charge in [-0.3, -0.25) is 0 Å². The molecular weight excluding hydrogens is 176 g/mol. The second-order valence-electron chi connectivity index (χ2n) is 3.25. The Hall–Kier alpha value is -1.61. The second kappa shape index (κ2) is 3.64. The van der Waals surface area contributed by atoms with Crippen molar-refractivity contribution in [3.05, 3.63) is 47.8 Å². The van der Waals surface area contributed by atoms with Crippen molar-refractivity contribution in [3.63, 3.8) is 0 Å². The number of aliphatic hydroxyl groups excluding tert-OH is 1. The van der Waals surface area contributed by atoms with Crippen LogP contribution in [0.5, 0.6) is 0 Å². The first-order chi connectivity index (χ1) is 6.79. The highest BCUT2D eigenvalue weighted by Gasteiger charge is 1.98. The zero-order valence-corrected chi connectivity index (χ0v) is 8.01. The molecule has 0 amide bonds. The summed E-state index contributed by atoms with van der Waals surface area (Å²) in [5.74, 6) is 0. The van der Waals surface area contributed by atoms with Gasteiger partial charge in [-0.05, 0) is 25.1 Å². The van der Waals surface area contributed by atoms with Gasteiger partial charge in [0.2, 0.25) is 0 Å². The van der Waals surface area contributed by atoms with Crippen LogP contribution < -0.4 is 0 Å². The van der Waals surface area contributed by atoms with Crippen LogP contribution >= 0.6 is 0 Å². The van der Waals surface area contributed by atoms with Crippen LogP contribution in [0.25, 0.3) is 5.69 Å². The number of rotatable bonds is 2. The summed E-state index contributed by atoms with van der Waals surface area (Å²) in [6.45, 7) is 2.03. The van der Waals surface area contributed by atoms with E-state index in [1.807, 2.05) is 37.4 Å². The van der Waals surface area contributed by atoms with Gasteiger partial charge in [-0.1, -0.05) is 17.7 Å². The highest BCUT2D eigenvalue weighted by Crippen LogP contribution is 2.08. The van der Waals surface area contributed by atoms with Crippen LogP contribution in [0.4, 0.5) is 0 Å². The molecule has 0 unspecified atom stereocenters. The molecule has 1 aromatic carbocycles. The van der Waals surface area contributed by atoms with E-state index in [9.17, 15) is 0 Å². The van der Waals surface area contributed by atoms with Crippen LogP contribution in [0.3, 0.4) is 0 Å². The summed E-state index contributed by atoms with van der Waals surface area (Å²) in [6.07, 6.45) is 1.84. The van der Waals surface area contributed by atoms with Gasteiger partial charge in [-0.2, -0.15) is 5.10 Å². The van der Waals surface area contributed by atoms with E-state index in [0.29, 0.717) is 5.69 Å². The molecule has 72 valence electrons. The molecule has 14 heavy (non-hydrogen) atoms. The van der Waals surface area contributed by atoms with E-state index in [4.69, 9.17) is 5.11 Å². The first-order valence-corrected chi connectivity index (χ1v) is 4.52. The summed E-state index contributed by atoms with van der Waals surface area (Å²) in [5.41, 5.74) is 2.92. The Labute approximate surface area is 82.6 Å². The molecule has 3 nitrogen and oxygen atoms in total. The summed E-state index contributed by atoms with van der Waals surface area (Å²) < 4.78 is 1.75. The average molecular weight is 188 g/mol. The van der Waals surface area contributed by atoms with Gasteiger partial charge in [0.1, 0.15) is 0 Å². The Kier molecular flexibility index (Phi) is 2.33. The molecule has 2 aromatic rings. The SMILES string of the molecule is Cc1ccc(-n2ccc(CO)n2)cc1. The van der Waals surface area contributed by atoms with E-state index in [2.05, 4.69) is 5.10 Å². The maximum atomic E-state index is 8.87. The van der Waals surface area contributed by atoms with Gasteiger partial charge in [0.05, 0.1) is 18.0 Å². The highest BCUT2D eigenvalue weighted by atomic mass is 16.3. The quantitative estimate of drug-likeness (QED) is 0.778. The molecule has 0 aliphatic heterocycles. The number of hydrogen-bond acceptors (Lipinski definition) is 2. The third kappa shape index (κ3) is 1.67. The van der Waals surface area contributed by atoms with Crippen molar-refractivity contribution in [1.82, 2.24) is 9.78 Å². The third-order valence-electron chi connectivity index (χ3n) is 2.10. The van der Waals surface area contributed by atoms with Crippen LogP contribution in [0.1, 0.15) is 11.3 Å². The molecule has 0 bridgehead atoms. The Morgan fingerprint density at radius 3 is 2.50 bits per heavy atom. The summed E-state index contributed by atoms with van der Waals surface area (Å²) in [5, 5.41) is 13.1. The van der Waals surface area contributed by atoms with E-state index in [0.717, 1.165) is 5.69 Å². The van der Waals surface area contributed by atoms with Crippen molar-refractivity contribution in [3.8, 4) is 5.69 Å². The van der Waals surface area contributed by atoms with Gasteiger partial charge in [0, 0.05) is 6.20 Å². The monoisotopic (exact) mass is 188 g/mol. The highest BCUT2D eigenvalue weighted by molar-refractivity contribution is 5.33. The molecule has 0 atom stereocenters. The largest absolute Gasteiger partial charge is 0.390 e. The molecule has 0 aliphatic rings. The minimum atomic E-state index is -0.0150. The number of aryl methyl sites for hydroxylation is 1. The molecule has 0 saturated carbocycles. The van der Waals surface area contributed by atoms with Crippen LogP contribution in [0, 0.1) is 6.92 Å². The summed E-state index contributed by atoms with van der Waals surface area (Å²) in [7, 11) is 0. The number of benzene rings is 1. The lowest BCUT2D eigenvalue weighted by molar-refractivity contribution is 0.276. The van der Waals surface area contributed by atoms with Crippen LogP contribution in [-0.2, 0) is 6.61 Å². The zero-order chi connectivity index (χ0) is 9.97. The third-order valence-corrected chi connectivity index (χ3v) is 2.10. The van der Waals surface area contributed by atoms with E-state index in [1.54, 1.807) is 10.7 Å². The molecule has 0 spiro atoms. The van der Waals surface area contributed by atoms with Crippen molar-refractivity contribution in [2.45, 2.75) is 13.5 Å². The maximum absolute atomic E-state index is 8.87. The Morgan fingerprint density at radius 2 is 1.93 bits per heavy atom. The van der Waals surface area contributed by atoms with Crippen LogP contribution in [0.2, 0.25) is 0 Å². The second-order valence-corrected chi connectivity index (χ2v) is 3.25. The van der Waals surface area contributed by atoms with E-state index >= 15 is 0 Å². The summed E-state index contributed by atoms with van der Waals surface area (Å²) >= 11 is 0. The molecule has 2 rings (SSSR count). The smallest absolute Gasteiger partial charge is 0.0883 e. The summed E-state index contributed by atoms with van der Waals surface area (Å²) in [6, 6.07) is 9.89. The van der Waals surface area contributed by atoms with Crippen molar-refractivity contribution >= 4 is 0 Å². The van der Waals surface area contributed by atoms with Crippen LogP contribution in [-0.4, -0.2) is 14.9 Å². The Balaban J connectivity index is 2.34. The Bertz CT molecular complexity index is 417. The Morgan fingerprint density at radius 1 is 1.21 bits per heavy atom. The lowest BCUT2D eigenvalue weighted by Crippen LogP contribution is -1.95. The molecular formula is C11H12N2O. The maximum Gasteiger partial charge on any atom is 0.0883 e. The van der Waals surface area contributed by atoms with Crippen molar-refractivity contribution in [2.24, 2.45) is 0 Å². The minimum Gasteiger partial charge on any atom is -0.390 e. The fourth-order valence-electron chi connectivity index (χ4n) is 1.29. The molecule has 1 aromatic heterocycles. The number of aliphatic hydroxyl groups is 1. The fourth-order valence-corrected chi connectivity index (χ4v) is 1.29. The van der Waals surface area contributed by atoms with Gasteiger partial charge in [0.25, 0.3) is 0 Å². The average Bonchev–Trinajstić information content (AvgIpc) is 2.67. The first-order valence-electron chi connectivity index (χ1n) is 4.52. The summed E-state index contributed by atoms with van der Waals surface area (Å²) in [4.78, 5) is 0. The molecule has 0 radical (unpaired) electrons. The van der Waals surface area contributed by atoms with Crippen molar-refractivity contribution in [2.75, 3.05) is 0 Å². The zero-order valence-electron chi connectivity index (χ0n) is 8.01. The molecule has 1 N–H and O–H groups in total.